The maximum Gasteiger partial charge on any atom is 0.238 e. The fourth-order valence-electron chi connectivity index (χ4n) is 1.76. The summed E-state index contributed by atoms with van der Waals surface area (Å²) in [6.07, 6.45) is 0. The van der Waals surface area contributed by atoms with Gasteiger partial charge in [-0.05, 0) is 33.4 Å². The van der Waals surface area contributed by atoms with Crippen LogP contribution in [0.25, 0.3) is 0 Å². The van der Waals surface area contributed by atoms with E-state index in [2.05, 4.69) is 31.0 Å². The molecular weight excluding hydrogens is 202 g/mol. The Bertz CT molecular complexity index is 230. The largest absolute Gasteiger partial charge is 0.368 e. The van der Waals surface area contributed by atoms with Crippen LogP contribution in [0.3, 0.4) is 0 Å². The number of nitrogens with zero attached hydrogens (tertiary/aromatic N) is 1. The van der Waals surface area contributed by atoms with Crippen molar-refractivity contribution in [1.29, 1.82) is 0 Å². The van der Waals surface area contributed by atoms with Crippen molar-refractivity contribution < 1.29 is 4.79 Å². The summed E-state index contributed by atoms with van der Waals surface area (Å²) >= 11 is 0. The van der Waals surface area contributed by atoms with Crippen LogP contribution in [-0.4, -0.2) is 42.5 Å². The molecule has 0 radical (unpaired) electrons. The lowest BCUT2D eigenvalue weighted by molar-refractivity contribution is -0.124. The Kier molecular flexibility index (Phi) is 5.97. The number of carbonyl (C=O) groups is 1. The highest BCUT2D eigenvalue weighted by molar-refractivity contribution is 5.84. The Morgan fingerprint density at radius 3 is 2.25 bits per heavy atom. The Morgan fingerprint density at radius 2 is 1.94 bits per heavy atom. The zero-order valence-corrected chi connectivity index (χ0v) is 11.5. The van der Waals surface area contributed by atoms with Crippen LogP contribution in [-0.2, 0) is 4.79 Å². The van der Waals surface area contributed by atoms with Gasteiger partial charge in [0.2, 0.25) is 5.91 Å². The van der Waals surface area contributed by atoms with Crippen LogP contribution in [0.15, 0.2) is 0 Å². The highest BCUT2D eigenvalue weighted by atomic mass is 16.1. The smallest absolute Gasteiger partial charge is 0.238 e. The molecule has 2 unspecified atom stereocenters. The van der Waals surface area contributed by atoms with Crippen LogP contribution < -0.4 is 11.1 Å². The standard InChI is InChI=1S/C12H27N3O/c1-7-14-12(5,11(13)16)8-15(6)10(4)9(2)3/h9-10,14H,7-8H2,1-6H3,(H2,13,16). The first-order valence-electron chi connectivity index (χ1n) is 5.99. The lowest BCUT2D eigenvalue weighted by atomic mass is 9.98. The zero-order chi connectivity index (χ0) is 12.9. The van der Waals surface area contributed by atoms with E-state index in [1.54, 1.807) is 0 Å². The molecule has 0 fully saturated rings. The molecule has 0 aliphatic rings. The van der Waals surface area contributed by atoms with Crippen LogP contribution in [0.4, 0.5) is 0 Å². The number of nitrogens with one attached hydrogen (secondary N) is 1. The van der Waals surface area contributed by atoms with Crippen molar-refractivity contribution in [2.75, 3.05) is 20.1 Å². The maximum atomic E-state index is 11.5. The van der Waals surface area contributed by atoms with E-state index in [1.807, 2.05) is 20.9 Å². The fraction of sp³-hybridized carbons (Fsp3) is 0.917. The predicted octanol–water partition coefficient (Wildman–Crippen LogP) is 0.816. The van der Waals surface area contributed by atoms with Crippen LogP contribution in [0.5, 0.6) is 0 Å². The third kappa shape index (κ3) is 4.10. The van der Waals surface area contributed by atoms with Crippen LogP contribution in [0, 0.1) is 5.92 Å². The van der Waals surface area contributed by atoms with Crippen molar-refractivity contribution in [3.05, 3.63) is 0 Å². The molecule has 96 valence electrons. The first-order valence-corrected chi connectivity index (χ1v) is 5.99. The van der Waals surface area contributed by atoms with Gasteiger partial charge >= 0.3 is 0 Å². The highest BCUT2D eigenvalue weighted by Crippen LogP contribution is 2.12. The van der Waals surface area contributed by atoms with E-state index in [4.69, 9.17) is 5.73 Å². The van der Waals surface area contributed by atoms with Gasteiger partial charge in [-0.2, -0.15) is 0 Å². The predicted molar refractivity (Wildman–Crippen MR) is 68.2 cm³/mol. The van der Waals surface area contributed by atoms with E-state index in [-0.39, 0.29) is 5.91 Å². The fourth-order valence-corrected chi connectivity index (χ4v) is 1.76. The van der Waals surface area contributed by atoms with Crippen molar-refractivity contribution in [2.24, 2.45) is 11.7 Å². The van der Waals surface area contributed by atoms with Gasteiger partial charge in [-0.3, -0.25) is 4.79 Å². The molecule has 0 bridgehead atoms. The second kappa shape index (κ2) is 6.21. The van der Waals surface area contributed by atoms with Gasteiger partial charge in [0, 0.05) is 12.6 Å². The highest BCUT2D eigenvalue weighted by Gasteiger charge is 2.32. The molecule has 1 amide bonds. The van der Waals surface area contributed by atoms with Gasteiger partial charge in [-0.1, -0.05) is 20.8 Å². The molecule has 2 atom stereocenters. The zero-order valence-electron chi connectivity index (χ0n) is 11.5. The van der Waals surface area contributed by atoms with Gasteiger partial charge in [0.05, 0.1) is 0 Å². The third-order valence-electron chi connectivity index (χ3n) is 3.34. The summed E-state index contributed by atoms with van der Waals surface area (Å²) in [5.74, 6) is 0.265. The van der Waals surface area contributed by atoms with Crippen LogP contribution in [0.2, 0.25) is 0 Å². The van der Waals surface area contributed by atoms with E-state index >= 15 is 0 Å². The number of amides is 1. The lowest BCUT2D eigenvalue weighted by Crippen LogP contribution is -2.60. The molecule has 0 aromatic carbocycles. The van der Waals surface area contributed by atoms with Crippen LogP contribution in [0.1, 0.15) is 34.6 Å². The van der Waals surface area contributed by atoms with Crippen molar-refractivity contribution in [3.8, 4) is 0 Å². The second-order valence-corrected chi connectivity index (χ2v) is 5.13. The number of hydrogen-bond acceptors (Lipinski definition) is 3. The van der Waals surface area contributed by atoms with Gasteiger partial charge in [0.1, 0.15) is 5.54 Å². The molecule has 0 saturated carbocycles. The molecule has 0 aromatic heterocycles. The average Bonchev–Trinajstić information content (AvgIpc) is 2.16. The van der Waals surface area contributed by atoms with Gasteiger partial charge in [-0.15, -0.1) is 0 Å². The second-order valence-electron chi connectivity index (χ2n) is 5.13. The number of carbonyl (C=O) groups excluding carboxylic acids is 1. The summed E-state index contributed by atoms with van der Waals surface area (Å²) < 4.78 is 0. The van der Waals surface area contributed by atoms with Gasteiger partial charge < -0.3 is 16.0 Å². The SMILES string of the molecule is CCNC(C)(CN(C)C(C)C(C)C)C(N)=O. The number of rotatable bonds is 7. The van der Waals surface area contributed by atoms with E-state index < -0.39 is 5.54 Å². The van der Waals surface area contributed by atoms with Gasteiger partial charge in [-0.25, -0.2) is 0 Å². The summed E-state index contributed by atoms with van der Waals surface area (Å²) in [5.41, 5.74) is 4.81. The lowest BCUT2D eigenvalue weighted by Gasteiger charge is -2.36. The quantitative estimate of drug-likeness (QED) is 0.679. The Hall–Kier alpha value is -0.610. The molecule has 3 N–H and O–H groups in total. The Morgan fingerprint density at radius 1 is 1.44 bits per heavy atom. The summed E-state index contributed by atoms with van der Waals surface area (Å²) in [6, 6.07) is 0.428. The van der Waals surface area contributed by atoms with Crippen molar-refractivity contribution in [2.45, 2.75) is 46.2 Å². The number of likely N-dealkylation sites (N-methyl/N-ethyl adjacent to an activating group) is 2. The monoisotopic (exact) mass is 229 g/mol. The minimum Gasteiger partial charge on any atom is -0.368 e. The van der Waals surface area contributed by atoms with E-state index in [0.29, 0.717) is 18.5 Å². The number of hydrogen-bond donors (Lipinski definition) is 2. The Labute approximate surface area is 99.6 Å². The molecule has 0 spiro atoms. The molecule has 4 nitrogen and oxygen atoms in total. The normalized spacial score (nSPS) is 17.5. The van der Waals surface area contributed by atoms with E-state index in [1.165, 1.54) is 0 Å². The molecule has 0 heterocycles. The van der Waals surface area contributed by atoms with E-state index in [9.17, 15) is 4.79 Å². The first-order chi connectivity index (χ1) is 7.24. The first kappa shape index (κ1) is 15.4. The summed E-state index contributed by atoms with van der Waals surface area (Å²) in [7, 11) is 2.03. The molecule has 0 aromatic rings. The van der Waals surface area contributed by atoms with Crippen molar-refractivity contribution >= 4 is 5.91 Å². The number of primary amides is 1. The molecule has 4 heteroatoms. The van der Waals surface area contributed by atoms with Crippen LogP contribution >= 0.6 is 0 Å². The summed E-state index contributed by atoms with van der Waals surface area (Å²) in [5, 5.41) is 3.17. The third-order valence-corrected chi connectivity index (χ3v) is 3.34. The molecule has 0 saturated heterocycles. The van der Waals surface area contributed by atoms with E-state index in [0.717, 1.165) is 6.54 Å². The van der Waals surface area contributed by atoms with Crippen molar-refractivity contribution in [1.82, 2.24) is 10.2 Å². The minimum absolute atomic E-state index is 0.294. The number of nitrogens with two attached hydrogens (primary N) is 1. The summed E-state index contributed by atoms with van der Waals surface area (Å²) in [4.78, 5) is 13.7. The molecule has 0 aliphatic carbocycles. The topological polar surface area (TPSA) is 58.4 Å². The Balaban J connectivity index is 4.57. The summed E-state index contributed by atoms with van der Waals surface area (Å²) in [6.45, 7) is 11.7. The average molecular weight is 229 g/mol. The van der Waals surface area contributed by atoms with Gasteiger partial charge in [0.15, 0.2) is 0 Å². The maximum absolute atomic E-state index is 11.5. The molecule has 0 rings (SSSR count). The molecule has 16 heavy (non-hydrogen) atoms. The van der Waals surface area contributed by atoms with Crippen molar-refractivity contribution in [3.63, 3.8) is 0 Å². The minimum atomic E-state index is -0.646. The molecule has 0 aliphatic heterocycles. The van der Waals surface area contributed by atoms with Gasteiger partial charge in [0.25, 0.3) is 0 Å². The molecular formula is C12H27N3O.